The molecule has 0 fully saturated rings. The van der Waals surface area contributed by atoms with Crippen LogP contribution in [0.15, 0.2) is 58.1 Å². The van der Waals surface area contributed by atoms with Crippen molar-refractivity contribution >= 4 is 56.4 Å². The highest BCUT2D eigenvalue weighted by atomic mass is 79.9. The van der Waals surface area contributed by atoms with E-state index in [0.717, 1.165) is 4.47 Å². The summed E-state index contributed by atoms with van der Waals surface area (Å²) in [5.74, 6) is -0.510. The Bertz CT molecular complexity index is 821. The summed E-state index contributed by atoms with van der Waals surface area (Å²) in [4.78, 5) is 24.5. The zero-order valence-corrected chi connectivity index (χ0v) is 14.8. The van der Waals surface area contributed by atoms with Crippen molar-refractivity contribution in [3.05, 3.63) is 58.0 Å². The van der Waals surface area contributed by atoms with E-state index in [1.807, 2.05) is 12.1 Å². The van der Waals surface area contributed by atoms with Gasteiger partial charge in [-0.2, -0.15) is 5.10 Å². The van der Waals surface area contributed by atoms with Crippen molar-refractivity contribution in [1.82, 2.24) is 0 Å². The van der Waals surface area contributed by atoms with Crippen LogP contribution in [0.1, 0.15) is 12.8 Å². The molecule has 122 valence electrons. The number of rotatable bonds is 3. The van der Waals surface area contributed by atoms with Crippen molar-refractivity contribution < 1.29 is 9.59 Å². The lowest BCUT2D eigenvalue weighted by atomic mass is 10.1. The van der Waals surface area contributed by atoms with Crippen molar-refractivity contribution in [2.24, 2.45) is 5.10 Å². The molecule has 0 spiro atoms. The molecule has 0 saturated carbocycles. The zero-order chi connectivity index (χ0) is 17.1. The Labute approximate surface area is 152 Å². The molecule has 1 aliphatic rings. The van der Waals surface area contributed by atoms with E-state index >= 15 is 0 Å². The van der Waals surface area contributed by atoms with Gasteiger partial charge in [0.1, 0.15) is 5.71 Å². The lowest BCUT2D eigenvalue weighted by Gasteiger charge is -2.23. The largest absolute Gasteiger partial charge is 0.320 e. The van der Waals surface area contributed by atoms with Gasteiger partial charge in [-0.1, -0.05) is 39.7 Å². The summed E-state index contributed by atoms with van der Waals surface area (Å²) >= 11 is 9.39. The number of carbonyl (C=O) groups excluding carboxylic acids is 2. The maximum Gasteiger partial charge on any atom is 0.271 e. The van der Waals surface area contributed by atoms with Crippen molar-refractivity contribution in [3.8, 4) is 0 Å². The molecule has 24 heavy (non-hydrogen) atoms. The van der Waals surface area contributed by atoms with Crippen LogP contribution in [-0.2, 0) is 9.59 Å². The number of hydrazone groups is 1. The number of amides is 2. The third-order valence-corrected chi connectivity index (χ3v) is 4.35. The van der Waals surface area contributed by atoms with Gasteiger partial charge >= 0.3 is 0 Å². The van der Waals surface area contributed by atoms with Gasteiger partial charge in [-0.3, -0.25) is 9.59 Å². The van der Waals surface area contributed by atoms with E-state index in [1.54, 1.807) is 36.4 Å². The lowest BCUT2D eigenvalue weighted by Crippen LogP contribution is -2.36. The third-order valence-electron chi connectivity index (χ3n) is 3.49. The number of para-hydroxylation sites is 1. The standard InChI is InChI=1S/C17H13BrClN3O2/c18-11-5-7-12(8-6-11)22-16(23)10-9-15(21-22)17(24)20-14-4-2-1-3-13(14)19/h1-8H,9-10H2,(H,20,24). The van der Waals surface area contributed by atoms with Gasteiger partial charge in [0.15, 0.2) is 0 Å². The van der Waals surface area contributed by atoms with Crippen LogP contribution in [0.4, 0.5) is 11.4 Å². The first-order chi connectivity index (χ1) is 11.5. The minimum Gasteiger partial charge on any atom is -0.320 e. The fraction of sp³-hybridized carbons (Fsp3) is 0.118. The molecule has 5 nitrogen and oxygen atoms in total. The molecule has 2 aromatic rings. The average molecular weight is 407 g/mol. The lowest BCUT2D eigenvalue weighted by molar-refractivity contribution is -0.118. The first-order valence-corrected chi connectivity index (χ1v) is 8.43. The minimum atomic E-state index is -0.363. The van der Waals surface area contributed by atoms with Gasteiger partial charge in [0, 0.05) is 17.3 Å². The van der Waals surface area contributed by atoms with E-state index in [4.69, 9.17) is 11.6 Å². The predicted molar refractivity (Wildman–Crippen MR) is 98.4 cm³/mol. The zero-order valence-electron chi connectivity index (χ0n) is 12.5. The van der Waals surface area contributed by atoms with Crippen LogP contribution in [0, 0.1) is 0 Å². The molecule has 0 saturated heterocycles. The normalized spacial score (nSPS) is 14.3. The smallest absolute Gasteiger partial charge is 0.271 e. The summed E-state index contributed by atoms with van der Waals surface area (Å²) < 4.78 is 0.899. The van der Waals surface area contributed by atoms with Gasteiger partial charge in [0.05, 0.1) is 16.4 Å². The topological polar surface area (TPSA) is 61.8 Å². The first-order valence-electron chi connectivity index (χ1n) is 7.26. The highest BCUT2D eigenvalue weighted by Crippen LogP contribution is 2.24. The van der Waals surface area contributed by atoms with E-state index in [9.17, 15) is 9.59 Å². The second-order valence-corrected chi connectivity index (χ2v) is 6.49. The van der Waals surface area contributed by atoms with Crippen LogP contribution >= 0.6 is 27.5 Å². The van der Waals surface area contributed by atoms with Gasteiger partial charge in [-0.25, -0.2) is 5.01 Å². The number of nitrogens with one attached hydrogen (secondary N) is 1. The average Bonchev–Trinajstić information content (AvgIpc) is 2.58. The maximum absolute atomic E-state index is 12.4. The van der Waals surface area contributed by atoms with Crippen LogP contribution in [0.3, 0.4) is 0 Å². The van der Waals surface area contributed by atoms with Gasteiger partial charge in [-0.05, 0) is 36.4 Å². The molecule has 1 aliphatic heterocycles. The molecule has 0 aliphatic carbocycles. The van der Waals surface area contributed by atoms with Gasteiger partial charge in [-0.15, -0.1) is 0 Å². The molecule has 2 amide bonds. The van der Waals surface area contributed by atoms with Crippen LogP contribution in [0.2, 0.25) is 5.02 Å². The van der Waals surface area contributed by atoms with E-state index in [2.05, 4.69) is 26.3 Å². The van der Waals surface area contributed by atoms with E-state index in [-0.39, 0.29) is 23.9 Å². The molecule has 2 aromatic carbocycles. The van der Waals surface area contributed by atoms with Gasteiger partial charge < -0.3 is 5.32 Å². The Morgan fingerprint density at radius 3 is 2.54 bits per heavy atom. The third kappa shape index (κ3) is 3.66. The number of anilines is 2. The number of nitrogens with zero attached hydrogens (tertiary/aromatic N) is 2. The Kier molecular flexibility index (Phi) is 4.97. The summed E-state index contributed by atoms with van der Waals surface area (Å²) in [5, 5.41) is 8.66. The summed E-state index contributed by atoms with van der Waals surface area (Å²) in [6, 6.07) is 14.1. The van der Waals surface area contributed by atoms with Crippen molar-refractivity contribution in [2.75, 3.05) is 10.3 Å². The molecule has 0 aromatic heterocycles. The van der Waals surface area contributed by atoms with Crippen LogP contribution in [-0.4, -0.2) is 17.5 Å². The summed E-state index contributed by atoms with van der Waals surface area (Å²) in [6.07, 6.45) is 0.521. The summed E-state index contributed by atoms with van der Waals surface area (Å²) in [6.45, 7) is 0. The number of halogens is 2. The molecule has 1 heterocycles. The summed E-state index contributed by atoms with van der Waals surface area (Å²) in [5.41, 5.74) is 1.42. The Morgan fingerprint density at radius 1 is 1.12 bits per heavy atom. The fourth-order valence-electron chi connectivity index (χ4n) is 2.26. The van der Waals surface area contributed by atoms with E-state index in [0.29, 0.717) is 22.8 Å². The fourth-order valence-corrected chi connectivity index (χ4v) is 2.71. The quantitative estimate of drug-likeness (QED) is 0.829. The number of hydrogen-bond acceptors (Lipinski definition) is 3. The SMILES string of the molecule is O=C(Nc1ccccc1Cl)C1=NN(c2ccc(Br)cc2)C(=O)CC1. The molecule has 0 bridgehead atoms. The second kappa shape index (κ2) is 7.15. The highest BCUT2D eigenvalue weighted by molar-refractivity contribution is 9.10. The molecule has 3 rings (SSSR count). The maximum atomic E-state index is 12.4. The number of benzene rings is 2. The minimum absolute atomic E-state index is 0.147. The van der Waals surface area contributed by atoms with Crippen molar-refractivity contribution in [3.63, 3.8) is 0 Å². The van der Waals surface area contributed by atoms with Crippen LogP contribution in [0.25, 0.3) is 0 Å². The van der Waals surface area contributed by atoms with Crippen molar-refractivity contribution in [1.29, 1.82) is 0 Å². The Balaban J connectivity index is 1.83. The molecule has 1 N–H and O–H groups in total. The molecule has 0 atom stereocenters. The molecule has 7 heteroatoms. The van der Waals surface area contributed by atoms with Gasteiger partial charge in [0.2, 0.25) is 5.91 Å². The number of carbonyl (C=O) groups is 2. The first kappa shape index (κ1) is 16.7. The molecule has 0 unspecified atom stereocenters. The van der Waals surface area contributed by atoms with Crippen molar-refractivity contribution in [2.45, 2.75) is 12.8 Å². The predicted octanol–water partition coefficient (Wildman–Crippen LogP) is 4.22. The molecular formula is C17H13BrClN3O2. The van der Waals surface area contributed by atoms with E-state index in [1.165, 1.54) is 5.01 Å². The monoisotopic (exact) mass is 405 g/mol. The Hall–Kier alpha value is -2.18. The summed E-state index contributed by atoms with van der Waals surface area (Å²) in [7, 11) is 0. The molecular weight excluding hydrogens is 394 g/mol. The molecule has 0 radical (unpaired) electrons. The van der Waals surface area contributed by atoms with Gasteiger partial charge in [0.25, 0.3) is 5.91 Å². The highest BCUT2D eigenvalue weighted by Gasteiger charge is 2.25. The van der Waals surface area contributed by atoms with Crippen LogP contribution in [0.5, 0.6) is 0 Å². The van der Waals surface area contributed by atoms with E-state index < -0.39 is 0 Å². The second-order valence-electron chi connectivity index (χ2n) is 5.16. The Morgan fingerprint density at radius 2 is 1.83 bits per heavy atom. The van der Waals surface area contributed by atoms with Crippen LogP contribution < -0.4 is 10.3 Å². The number of hydrogen-bond donors (Lipinski definition) is 1.